The average Bonchev–Trinajstić information content (AvgIpc) is 2.53. The van der Waals surface area contributed by atoms with E-state index in [4.69, 9.17) is 9.84 Å². The number of benzene rings is 1. The van der Waals surface area contributed by atoms with Gasteiger partial charge < -0.3 is 20.1 Å². The Hall–Kier alpha value is -1.63. The molecule has 0 atom stereocenters. The summed E-state index contributed by atoms with van der Waals surface area (Å²) >= 11 is 0. The van der Waals surface area contributed by atoms with Crippen LogP contribution in [0.4, 0.5) is 10.5 Å². The van der Waals surface area contributed by atoms with Crippen molar-refractivity contribution in [3.8, 4) is 0 Å². The number of amides is 2. The molecule has 1 saturated heterocycles. The predicted molar refractivity (Wildman–Crippen MR) is 81.4 cm³/mol. The zero-order chi connectivity index (χ0) is 14.9. The molecule has 1 heterocycles. The van der Waals surface area contributed by atoms with Crippen LogP contribution in [0.2, 0.25) is 0 Å². The maximum atomic E-state index is 12.2. The first-order valence-electron chi connectivity index (χ1n) is 7.31. The zero-order valence-electron chi connectivity index (χ0n) is 12.2. The highest BCUT2D eigenvalue weighted by molar-refractivity contribution is 5.89. The van der Waals surface area contributed by atoms with Gasteiger partial charge in [0.05, 0.1) is 19.8 Å². The minimum Gasteiger partial charge on any atom is -0.395 e. The third-order valence-electron chi connectivity index (χ3n) is 3.47. The molecule has 1 aromatic carbocycles. The summed E-state index contributed by atoms with van der Waals surface area (Å²) in [5.41, 5.74) is 0.761. The van der Waals surface area contributed by atoms with Crippen molar-refractivity contribution in [3.05, 3.63) is 30.3 Å². The van der Waals surface area contributed by atoms with E-state index in [0.717, 1.165) is 38.5 Å². The molecule has 2 amide bonds. The van der Waals surface area contributed by atoms with Crippen molar-refractivity contribution in [2.75, 3.05) is 57.9 Å². The lowest BCUT2D eigenvalue weighted by molar-refractivity contribution is 0.0346. The number of ether oxygens (including phenoxy) is 1. The molecule has 1 aromatic rings. The topological polar surface area (TPSA) is 65.0 Å². The number of para-hydroxylation sites is 1. The van der Waals surface area contributed by atoms with Crippen LogP contribution in [0.1, 0.15) is 0 Å². The van der Waals surface area contributed by atoms with Crippen LogP contribution in [0.25, 0.3) is 0 Å². The van der Waals surface area contributed by atoms with Gasteiger partial charge in [0.25, 0.3) is 0 Å². The van der Waals surface area contributed by atoms with Crippen LogP contribution in [-0.4, -0.2) is 73.5 Å². The van der Waals surface area contributed by atoms with E-state index >= 15 is 0 Å². The molecule has 2 N–H and O–H groups in total. The minimum absolute atomic E-state index is 0.0364. The number of carbonyl (C=O) groups is 1. The van der Waals surface area contributed by atoms with Gasteiger partial charge in [-0.15, -0.1) is 0 Å². The molecule has 0 bridgehead atoms. The molecular weight excluding hydrogens is 270 g/mol. The van der Waals surface area contributed by atoms with Crippen molar-refractivity contribution in [2.45, 2.75) is 0 Å². The van der Waals surface area contributed by atoms with E-state index in [1.807, 2.05) is 30.3 Å². The third-order valence-corrected chi connectivity index (χ3v) is 3.47. The largest absolute Gasteiger partial charge is 0.395 e. The number of urea groups is 1. The number of aliphatic hydroxyl groups excluding tert-OH is 1. The molecular formula is C15H23N3O3. The van der Waals surface area contributed by atoms with Gasteiger partial charge in [0, 0.05) is 38.4 Å². The minimum atomic E-state index is -0.177. The molecule has 6 nitrogen and oxygen atoms in total. The fraction of sp³-hybridized carbons (Fsp3) is 0.533. The summed E-state index contributed by atoms with van der Waals surface area (Å²) in [7, 11) is 0. The van der Waals surface area contributed by atoms with E-state index < -0.39 is 0 Å². The normalized spacial score (nSPS) is 15.7. The van der Waals surface area contributed by atoms with Crippen molar-refractivity contribution < 1.29 is 14.6 Å². The first-order chi connectivity index (χ1) is 10.3. The predicted octanol–water partition coefficient (Wildman–Crippen LogP) is 0.845. The second-order valence-corrected chi connectivity index (χ2v) is 4.96. The number of anilines is 1. The molecule has 0 spiro atoms. The molecule has 0 aromatic heterocycles. The molecule has 0 unspecified atom stereocenters. The second kappa shape index (κ2) is 8.61. The number of nitrogens with one attached hydrogen (secondary N) is 1. The lowest BCUT2D eigenvalue weighted by atomic mass is 10.3. The van der Waals surface area contributed by atoms with Gasteiger partial charge >= 0.3 is 6.03 Å². The summed E-state index contributed by atoms with van der Waals surface area (Å²) in [6, 6.07) is 9.16. The summed E-state index contributed by atoms with van der Waals surface area (Å²) in [6.45, 7) is 4.98. The quantitative estimate of drug-likeness (QED) is 0.816. The van der Waals surface area contributed by atoms with Crippen LogP contribution in [0.5, 0.6) is 0 Å². The monoisotopic (exact) mass is 293 g/mol. The van der Waals surface area contributed by atoms with Gasteiger partial charge in [0.2, 0.25) is 0 Å². The lowest BCUT2D eigenvalue weighted by Gasteiger charge is -2.29. The number of hydrogen-bond donors (Lipinski definition) is 2. The summed E-state index contributed by atoms with van der Waals surface area (Å²) in [5, 5.41) is 12.0. The number of morpholine rings is 1. The molecule has 6 heteroatoms. The van der Waals surface area contributed by atoms with E-state index in [-0.39, 0.29) is 12.6 Å². The first kappa shape index (κ1) is 15.8. The molecule has 1 fully saturated rings. The molecule has 0 saturated carbocycles. The van der Waals surface area contributed by atoms with E-state index in [9.17, 15) is 4.79 Å². The van der Waals surface area contributed by atoms with E-state index in [1.165, 1.54) is 0 Å². The van der Waals surface area contributed by atoms with Crippen LogP contribution in [0.15, 0.2) is 30.3 Å². The molecule has 0 aliphatic carbocycles. The first-order valence-corrected chi connectivity index (χ1v) is 7.31. The Morgan fingerprint density at radius 3 is 2.62 bits per heavy atom. The van der Waals surface area contributed by atoms with E-state index in [1.54, 1.807) is 4.90 Å². The molecule has 0 radical (unpaired) electrons. The Balaban J connectivity index is 1.83. The standard InChI is InChI=1S/C15H23N3O3/c19-11-8-18(7-6-17-9-12-21-13-10-17)15(20)16-14-4-2-1-3-5-14/h1-5,19H,6-13H2,(H,16,20). The Bertz CT molecular complexity index is 421. The molecule has 116 valence electrons. The number of hydrogen-bond acceptors (Lipinski definition) is 4. The average molecular weight is 293 g/mol. The van der Waals surface area contributed by atoms with E-state index in [0.29, 0.717) is 13.1 Å². The summed E-state index contributed by atoms with van der Waals surface area (Å²) < 4.78 is 5.31. The van der Waals surface area contributed by atoms with Crippen LogP contribution in [-0.2, 0) is 4.74 Å². The Kier molecular flexibility index (Phi) is 6.46. The fourth-order valence-electron chi connectivity index (χ4n) is 2.25. The van der Waals surface area contributed by atoms with Crippen LogP contribution in [0, 0.1) is 0 Å². The van der Waals surface area contributed by atoms with Gasteiger partial charge in [-0.1, -0.05) is 18.2 Å². The van der Waals surface area contributed by atoms with Crippen molar-refractivity contribution in [3.63, 3.8) is 0 Å². The molecule has 2 rings (SSSR count). The maximum absolute atomic E-state index is 12.2. The van der Waals surface area contributed by atoms with Gasteiger partial charge in [0.15, 0.2) is 0 Å². The number of aliphatic hydroxyl groups is 1. The van der Waals surface area contributed by atoms with Gasteiger partial charge in [-0.25, -0.2) is 4.79 Å². The van der Waals surface area contributed by atoms with Crippen molar-refractivity contribution >= 4 is 11.7 Å². The van der Waals surface area contributed by atoms with Crippen molar-refractivity contribution in [1.29, 1.82) is 0 Å². The van der Waals surface area contributed by atoms with Crippen molar-refractivity contribution in [1.82, 2.24) is 9.80 Å². The van der Waals surface area contributed by atoms with Gasteiger partial charge in [0.1, 0.15) is 0 Å². The second-order valence-electron chi connectivity index (χ2n) is 4.96. The third kappa shape index (κ3) is 5.34. The van der Waals surface area contributed by atoms with Gasteiger partial charge in [-0.05, 0) is 12.1 Å². The Morgan fingerprint density at radius 1 is 1.24 bits per heavy atom. The van der Waals surface area contributed by atoms with Crippen molar-refractivity contribution in [2.24, 2.45) is 0 Å². The zero-order valence-corrected chi connectivity index (χ0v) is 12.2. The summed E-state index contributed by atoms with van der Waals surface area (Å²) in [4.78, 5) is 16.1. The number of nitrogens with zero attached hydrogens (tertiary/aromatic N) is 2. The van der Waals surface area contributed by atoms with Crippen LogP contribution in [0.3, 0.4) is 0 Å². The van der Waals surface area contributed by atoms with Gasteiger partial charge in [-0.3, -0.25) is 4.90 Å². The summed E-state index contributed by atoms with van der Waals surface area (Å²) in [5.74, 6) is 0. The number of carbonyl (C=O) groups excluding carboxylic acids is 1. The highest BCUT2D eigenvalue weighted by Gasteiger charge is 2.16. The lowest BCUT2D eigenvalue weighted by Crippen LogP contribution is -2.45. The van der Waals surface area contributed by atoms with E-state index in [2.05, 4.69) is 10.2 Å². The highest BCUT2D eigenvalue weighted by Crippen LogP contribution is 2.07. The van der Waals surface area contributed by atoms with Crippen LogP contribution < -0.4 is 5.32 Å². The fourth-order valence-corrected chi connectivity index (χ4v) is 2.25. The maximum Gasteiger partial charge on any atom is 0.321 e. The smallest absolute Gasteiger partial charge is 0.321 e. The number of rotatable bonds is 6. The summed E-state index contributed by atoms with van der Waals surface area (Å²) in [6.07, 6.45) is 0. The van der Waals surface area contributed by atoms with Gasteiger partial charge in [-0.2, -0.15) is 0 Å². The highest BCUT2D eigenvalue weighted by atomic mass is 16.5. The molecule has 1 aliphatic rings. The van der Waals surface area contributed by atoms with Crippen LogP contribution >= 0.6 is 0 Å². The Morgan fingerprint density at radius 2 is 1.95 bits per heavy atom. The Labute approximate surface area is 125 Å². The SMILES string of the molecule is O=C(Nc1ccccc1)N(CCO)CCN1CCOCC1. The molecule has 21 heavy (non-hydrogen) atoms. The molecule has 1 aliphatic heterocycles.